The van der Waals surface area contributed by atoms with E-state index in [9.17, 15) is 4.79 Å². The summed E-state index contributed by atoms with van der Waals surface area (Å²) in [7, 11) is 1.88. The van der Waals surface area contributed by atoms with Gasteiger partial charge in [-0.05, 0) is 53.9 Å². The van der Waals surface area contributed by atoms with E-state index in [1.807, 2.05) is 36.2 Å². The summed E-state index contributed by atoms with van der Waals surface area (Å²) in [6, 6.07) is 8.16. The Kier molecular flexibility index (Phi) is 5.40. The van der Waals surface area contributed by atoms with Crippen LogP contribution in [0, 0.1) is 0 Å². The topological polar surface area (TPSA) is 32.3 Å². The molecule has 0 radical (unpaired) electrons. The van der Waals surface area contributed by atoms with Crippen LogP contribution < -0.4 is 5.32 Å². The predicted octanol–water partition coefficient (Wildman–Crippen LogP) is 3.05. The second-order valence-electron chi connectivity index (χ2n) is 5.14. The quantitative estimate of drug-likeness (QED) is 0.923. The molecule has 1 heterocycles. The molecule has 1 amide bonds. The second-order valence-corrected chi connectivity index (χ2v) is 6.00. The summed E-state index contributed by atoms with van der Waals surface area (Å²) in [4.78, 5) is 14.1. The molecule has 0 aromatic heterocycles. The summed E-state index contributed by atoms with van der Waals surface area (Å²) in [6.07, 6.45) is 4.85. The molecule has 3 nitrogen and oxygen atoms in total. The number of halogens is 1. The van der Waals surface area contributed by atoms with E-state index in [1.54, 1.807) is 0 Å². The lowest BCUT2D eigenvalue weighted by atomic mass is 10.0. The Morgan fingerprint density at radius 3 is 2.89 bits per heavy atom. The molecular weight excluding hydrogens is 304 g/mol. The van der Waals surface area contributed by atoms with Gasteiger partial charge >= 0.3 is 0 Å². The van der Waals surface area contributed by atoms with Crippen LogP contribution in [0.2, 0.25) is 0 Å². The number of amides is 1. The normalized spacial score (nSPS) is 19.2. The molecule has 1 aliphatic heterocycles. The first-order chi connectivity index (χ1) is 9.18. The first kappa shape index (κ1) is 14.5. The Morgan fingerprint density at radius 2 is 2.21 bits per heavy atom. The first-order valence-corrected chi connectivity index (χ1v) is 7.71. The van der Waals surface area contributed by atoms with Gasteiger partial charge in [0.15, 0.2) is 0 Å². The van der Waals surface area contributed by atoms with Crippen molar-refractivity contribution >= 4 is 21.8 Å². The number of hydrogen-bond acceptors (Lipinski definition) is 2. The highest BCUT2D eigenvalue weighted by molar-refractivity contribution is 9.10. The van der Waals surface area contributed by atoms with Crippen molar-refractivity contribution in [1.82, 2.24) is 10.2 Å². The minimum absolute atomic E-state index is 0.0864. The van der Waals surface area contributed by atoms with E-state index in [4.69, 9.17) is 0 Å². The van der Waals surface area contributed by atoms with Crippen molar-refractivity contribution in [2.45, 2.75) is 31.7 Å². The van der Waals surface area contributed by atoms with Gasteiger partial charge in [0.05, 0.1) is 5.56 Å². The minimum Gasteiger partial charge on any atom is -0.342 e. The zero-order valence-corrected chi connectivity index (χ0v) is 12.9. The summed E-state index contributed by atoms with van der Waals surface area (Å²) < 4.78 is 0.864. The molecule has 0 spiro atoms. The van der Waals surface area contributed by atoms with Crippen LogP contribution in [-0.4, -0.2) is 37.0 Å². The number of carbonyl (C=O) groups excluding carboxylic acids is 1. The van der Waals surface area contributed by atoms with E-state index in [1.165, 1.54) is 19.3 Å². The highest BCUT2D eigenvalue weighted by Gasteiger charge is 2.17. The van der Waals surface area contributed by atoms with Gasteiger partial charge in [0.2, 0.25) is 0 Å². The third kappa shape index (κ3) is 4.05. The van der Waals surface area contributed by atoms with Gasteiger partial charge in [-0.25, -0.2) is 0 Å². The molecule has 1 aliphatic rings. The van der Waals surface area contributed by atoms with Gasteiger partial charge in [0.1, 0.15) is 0 Å². The molecule has 1 atom stereocenters. The molecule has 1 unspecified atom stereocenters. The largest absolute Gasteiger partial charge is 0.342 e. The molecule has 0 bridgehead atoms. The van der Waals surface area contributed by atoms with Gasteiger partial charge in [-0.2, -0.15) is 0 Å². The number of nitrogens with zero attached hydrogens (tertiary/aromatic N) is 1. The molecule has 19 heavy (non-hydrogen) atoms. The Bertz CT molecular complexity index is 430. The fraction of sp³-hybridized carbons (Fsp3) is 0.533. The van der Waals surface area contributed by atoms with E-state index in [-0.39, 0.29) is 5.91 Å². The number of benzene rings is 1. The van der Waals surface area contributed by atoms with Crippen LogP contribution >= 0.6 is 15.9 Å². The SMILES string of the molecule is CN(CCC1CCCCN1)C(=O)c1ccccc1Br. The maximum atomic E-state index is 12.3. The zero-order valence-electron chi connectivity index (χ0n) is 11.4. The number of piperidine rings is 1. The fourth-order valence-corrected chi connectivity index (χ4v) is 2.92. The Hall–Kier alpha value is -0.870. The van der Waals surface area contributed by atoms with E-state index in [2.05, 4.69) is 21.2 Å². The molecule has 1 fully saturated rings. The lowest BCUT2D eigenvalue weighted by Gasteiger charge is -2.26. The summed E-state index contributed by atoms with van der Waals surface area (Å²) in [5, 5.41) is 3.52. The average Bonchev–Trinajstić information content (AvgIpc) is 2.45. The van der Waals surface area contributed by atoms with E-state index < -0.39 is 0 Å². The molecule has 1 aromatic rings. The van der Waals surface area contributed by atoms with Crippen molar-refractivity contribution < 1.29 is 4.79 Å². The lowest BCUT2D eigenvalue weighted by molar-refractivity contribution is 0.0787. The first-order valence-electron chi connectivity index (χ1n) is 6.92. The van der Waals surface area contributed by atoms with Crippen LogP contribution in [0.1, 0.15) is 36.0 Å². The van der Waals surface area contributed by atoms with Crippen molar-refractivity contribution in [3.63, 3.8) is 0 Å². The number of nitrogens with one attached hydrogen (secondary N) is 1. The molecule has 0 saturated carbocycles. The zero-order chi connectivity index (χ0) is 13.7. The maximum Gasteiger partial charge on any atom is 0.254 e. The minimum atomic E-state index is 0.0864. The van der Waals surface area contributed by atoms with Crippen molar-refractivity contribution in [2.75, 3.05) is 20.1 Å². The van der Waals surface area contributed by atoms with Gasteiger partial charge in [-0.1, -0.05) is 18.6 Å². The van der Waals surface area contributed by atoms with Crippen LogP contribution in [0.25, 0.3) is 0 Å². The van der Waals surface area contributed by atoms with Gasteiger partial charge < -0.3 is 10.2 Å². The standard InChI is InChI=1S/C15H21BrN2O/c1-18(11-9-12-6-4-5-10-17-12)15(19)13-7-2-3-8-14(13)16/h2-3,7-8,12,17H,4-6,9-11H2,1H3. The highest BCUT2D eigenvalue weighted by Crippen LogP contribution is 2.18. The Balaban J connectivity index is 1.87. The summed E-state index contributed by atoms with van der Waals surface area (Å²) in [5.74, 6) is 0.0864. The number of rotatable bonds is 4. The second kappa shape index (κ2) is 7.06. The highest BCUT2D eigenvalue weighted by atomic mass is 79.9. The third-order valence-electron chi connectivity index (χ3n) is 3.68. The van der Waals surface area contributed by atoms with E-state index >= 15 is 0 Å². The smallest absolute Gasteiger partial charge is 0.254 e. The molecule has 2 rings (SSSR count). The van der Waals surface area contributed by atoms with Gasteiger partial charge in [-0.3, -0.25) is 4.79 Å². The summed E-state index contributed by atoms with van der Waals surface area (Å²) >= 11 is 3.43. The Morgan fingerprint density at radius 1 is 1.42 bits per heavy atom. The van der Waals surface area contributed by atoms with Crippen molar-refractivity contribution in [3.8, 4) is 0 Å². The molecule has 4 heteroatoms. The number of hydrogen-bond donors (Lipinski definition) is 1. The van der Waals surface area contributed by atoms with Crippen molar-refractivity contribution in [1.29, 1.82) is 0 Å². The molecule has 1 aromatic carbocycles. The van der Waals surface area contributed by atoms with Crippen LogP contribution in [0.5, 0.6) is 0 Å². The molecule has 0 aliphatic carbocycles. The van der Waals surface area contributed by atoms with Crippen LogP contribution in [0.3, 0.4) is 0 Å². The Labute approximate surface area is 123 Å². The van der Waals surface area contributed by atoms with Crippen molar-refractivity contribution in [2.24, 2.45) is 0 Å². The fourth-order valence-electron chi connectivity index (χ4n) is 2.46. The van der Waals surface area contributed by atoms with Crippen molar-refractivity contribution in [3.05, 3.63) is 34.3 Å². The van der Waals surface area contributed by atoms with E-state index in [0.717, 1.165) is 29.5 Å². The molecule has 104 valence electrons. The third-order valence-corrected chi connectivity index (χ3v) is 4.37. The molecule has 1 saturated heterocycles. The molecular formula is C15H21BrN2O. The predicted molar refractivity (Wildman–Crippen MR) is 81.4 cm³/mol. The van der Waals surface area contributed by atoms with Crippen LogP contribution in [0.4, 0.5) is 0 Å². The average molecular weight is 325 g/mol. The summed E-state index contributed by atoms with van der Waals surface area (Å²) in [5.41, 5.74) is 0.738. The van der Waals surface area contributed by atoms with E-state index in [0.29, 0.717) is 6.04 Å². The van der Waals surface area contributed by atoms with Gasteiger partial charge in [0, 0.05) is 24.1 Å². The van der Waals surface area contributed by atoms with Gasteiger partial charge in [-0.15, -0.1) is 0 Å². The lowest BCUT2D eigenvalue weighted by Crippen LogP contribution is -2.38. The van der Waals surface area contributed by atoms with Crippen LogP contribution in [0.15, 0.2) is 28.7 Å². The maximum absolute atomic E-state index is 12.3. The van der Waals surface area contributed by atoms with Crippen LogP contribution in [-0.2, 0) is 0 Å². The molecule has 1 N–H and O–H groups in total. The number of carbonyl (C=O) groups is 1. The van der Waals surface area contributed by atoms with Gasteiger partial charge in [0.25, 0.3) is 5.91 Å². The monoisotopic (exact) mass is 324 g/mol. The summed E-state index contributed by atoms with van der Waals surface area (Å²) in [6.45, 7) is 1.92.